The molecule has 7 nitrogen and oxygen atoms in total. The molecule has 2 aliphatic heterocycles. The van der Waals surface area contributed by atoms with E-state index in [9.17, 15) is 10.1 Å². The molecule has 4 rings (SSSR count). The normalized spacial score (nSPS) is 24.4. The minimum atomic E-state index is -0.663. The van der Waals surface area contributed by atoms with Gasteiger partial charge >= 0.3 is 0 Å². The molecule has 1 spiro atoms. The molecule has 1 aliphatic carbocycles. The molecule has 1 unspecified atom stereocenters. The molecule has 1 aromatic rings. The number of nitrogens with zero attached hydrogens (tertiary/aromatic N) is 4. The van der Waals surface area contributed by atoms with Gasteiger partial charge in [0.15, 0.2) is 5.92 Å². The number of carbonyl (C=O) groups is 1. The second kappa shape index (κ2) is 7.10. The second-order valence-corrected chi connectivity index (χ2v) is 7.47. The number of anilines is 1. The fourth-order valence-corrected chi connectivity index (χ4v) is 4.42. The molecule has 0 aromatic heterocycles. The predicted octanol–water partition coefficient (Wildman–Crippen LogP) is 1.76. The maximum atomic E-state index is 12.5. The summed E-state index contributed by atoms with van der Waals surface area (Å²) in [5.41, 5.74) is 0.654. The summed E-state index contributed by atoms with van der Waals surface area (Å²) in [6, 6.07) is 10.3. The van der Waals surface area contributed by atoms with Crippen molar-refractivity contribution in [1.29, 1.82) is 5.26 Å². The van der Waals surface area contributed by atoms with Gasteiger partial charge in [-0.2, -0.15) is 5.26 Å². The van der Waals surface area contributed by atoms with Gasteiger partial charge in [0.2, 0.25) is 11.9 Å². The summed E-state index contributed by atoms with van der Waals surface area (Å²) in [5, 5.41) is 12.4. The number of piperazine rings is 1. The molecule has 7 heteroatoms. The third-order valence-corrected chi connectivity index (χ3v) is 5.98. The molecule has 1 atom stereocenters. The zero-order valence-corrected chi connectivity index (χ0v) is 15.6. The summed E-state index contributed by atoms with van der Waals surface area (Å²) in [5.74, 6) is 0.652. The Balaban J connectivity index is 1.46. The number of rotatable bonds is 2. The summed E-state index contributed by atoms with van der Waals surface area (Å²) in [6.45, 7) is 3.29. The number of carbonyl (C=O) groups excluding carboxylic acids is 1. The Bertz CT molecular complexity index is 769. The Morgan fingerprint density at radius 2 is 1.78 bits per heavy atom. The molecule has 1 amide bonds. The third-order valence-electron chi connectivity index (χ3n) is 5.98. The van der Waals surface area contributed by atoms with Crippen LogP contribution in [0.15, 0.2) is 29.3 Å². The van der Waals surface area contributed by atoms with Crippen molar-refractivity contribution in [3.63, 3.8) is 0 Å². The van der Waals surface area contributed by atoms with Gasteiger partial charge in [0.25, 0.3) is 0 Å². The van der Waals surface area contributed by atoms with Crippen LogP contribution in [0.25, 0.3) is 0 Å². The Labute approximate surface area is 159 Å². The minimum Gasteiger partial charge on any atom is -0.497 e. The van der Waals surface area contributed by atoms with E-state index in [2.05, 4.69) is 33.3 Å². The number of hydrogen-bond acceptors (Lipinski definition) is 6. The van der Waals surface area contributed by atoms with Gasteiger partial charge < -0.3 is 14.5 Å². The van der Waals surface area contributed by atoms with E-state index < -0.39 is 11.5 Å². The molecule has 0 radical (unpaired) electrons. The average molecular weight is 367 g/mol. The van der Waals surface area contributed by atoms with Crippen LogP contribution in [0.3, 0.4) is 0 Å². The van der Waals surface area contributed by atoms with Gasteiger partial charge in [-0.1, -0.05) is 12.8 Å². The number of hydrogen-bond donors (Lipinski definition) is 1. The predicted molar refractivity (Wildman–Crippen MR) is 103 cm³/mol. The van der Waals surface area contributed by atoms with Gasteiger partial charge in [-0.25, -0.2) is 4.99 Å². The van der Waals surface area contributed by atoms with E-state index in [1.165, 1.54) is 5.69 Å². The average Bonchev–Trinajstić information content (AvgIpc) is 3.16. The Morgan fingerprint density at radius 3 is 2.37 bits per heavy atom. The van der Waals surface area contributed by atoms with Crippen molar-refractivity contribution in [1.82, 2.24) is 10.2 Å². The molecule has 1 N–H and O–H groups in total. The molecule has 27 heavy (non-hydrogen) atoms. The molecule has 1 saturated heterocycles. The number of nitrogens with one attached hydrogen (secondary N) is 1. The molecule has 3 aliphatic rings. The lowest BCUT2D eigenvalue weighted by Gasteiger charge is -2.41. The van der Waals surface area contributed by atoms with Crippen LogP contribution in [-0.2, 0) is 4.79 Å². The van der Waals surface area contributed by atoms with E-state index in [1.54, 1.807) is 7.11 Å². The highest BCUT2D eigenvalue weighted by Gasteiger charge is 2.49. The van der Waals surface area contributed by atoms with Gasteiger partial charge in [0, 0.05) is 31.9 Å². The van der Waals surface area contributed by atoms with E-state index in [0.717, 1.165) is 57.6 Å². The summed E-state index contributed by atoms with van der Waals surface area (Å²) in [4.78, 5) is 21.9. The first-order valence-electron chi connectivity index (χ1n) is 9.59. The number of guanidine groups is 1. The Hall–Kier alpha value is -2.75. The van der Waals surface area contributed by atoms with Crippen LogP contribution in [0, 0.1) is 17.2 Å². The number of amides is 1. The highest BCUT2D eigenvalue weighted by Crippen LogP contribution is 2.41. The molecule has 142 valence electrons. The molecule has 2 fully saturated rings. The number of nitriles is 1. The molecule has 1 saturated carbocycles. The highest BCUT2D eigenvalue weighted by molar-refractivity contribution is 6.02. The summed E-state index contributed by atoms with van der Waals surface area (Å²) in [6.07, 6.45) is 3.73. The first-order chi connectivity index (χ1) is 13.1. The van der Waals surface area contributed by atoms with Crippen LogP contribution in [0.5, 0.6) is 5.75 Å². The lowest BCUT2D eigenvalue weighted by atomic mass is 9.82. The fourth-order valence-electron chi connectivity index (χ4n) is 4.42. The maximum absolute atomic E-state index is 12.5. The Kier molecular flexibility index (Phi) is 4.65. The van der Waals surface area contributed by atoms with E-state index in [-0.39, 0.29) is 5.91 Å². The van der Waals surface area contributed by atoms with Crippen LogP contribution >= 0.6 is 0 Å². The van der Waals surface area contributed by atoms with Crippen molar-refractivity contribution >= 4 is 17.6 Å². The van der Waals surface area contributed by atoms with Crippen molar-refractivity contribution in [3.8, 4) is 11.8 Å². The van der Waals surface area contributed by atoms with Gasteiger partial charge in [0.05, 0.1) is 18.7 Å². The largest absolute Gasteiger partial charge is 0.497 e. The zero-order chi connectivity index (χ0) is 18.9. The van der Waals surface area contributed by atoms with Gasteiger partial charge in [-0.15, -0.1) is 0 Å². The maximum Gasteiger partial charge on any atom is 0.246 e. The summed E-state index contributed by atoms with van der Waals surface area (Å²) in [7, 11) is 1.67. The molecule has 0 bridgehead atoms. The van der Waals surface area contributed by atoms with Crippen LogP contribution in [0.1, 0.15) is 25.7 Å². The van der Waals surface area contributed by atoms with Crippen molar-refractivity contribution < 1.29 is 9.53 Å². The minimum absolute atomic E-state index is 0.193. The van der Waals surface area contributed by atoms with Gasteiger partial charge in [-0.05, 0) is 37.1 Å². The lowest BCUT2D eigenvalue weighted by Crippen LogP contribution is -2.59. The van der Waals surface area contributed by atoms with E-state index in [1.807, 2.05) is 12.1 Å². The zero-order valence-electron chi connectivity index (χ0n) is 15.6. The van der Waals surface area contributed by atoms with Gasteiger partial charge in [-0.3, -0.25) is 10.1 Å². The van der Waals surface area contributed by atoms with Crippen molar-refractivity contribution in [2.75, 3.05) is 38.2 Å². The SMILES string of the molecule is COc1ccc(N2CCN(C3=NC4(CCCC4)C(C#N)C(=O)N3)CC2)cc1. The van der Waals surface area contributed by atoms with Crippen molar-refractivity contribution in [2.24, 2.45) is 10.9 Å². The van der Waals surface area contributed by atoms with Crippen molar-refractivity contribution in [2.45, 2.75) is 31.2 Å². The lowest BCUT2D eigenvalue weighted by molar-refractivity contribution is -0.124. The molecule has 1 aromatic carbocycles. The highest BCUT2D eigenvalue weighted by atomic mass is 16.5. The monoisotopic (exact) mass is 367 g/mol. The number of methoxy groups -OCH3 is 1. The molecular formula is C20H25N5O2. The topological polar surface area (TPSA) is 81.0 Å². The van der Waals surface area contributed by atoms with Crippen LogP contribution in [0.2, 0.25) is 0 Å². The third kappa shape index (κ3) is 3.20. The van der Waals surface area contributed by atoms with Crippen molar-refractivity contribution in [3.05, 3.63) is 24.3 Å². The van der Waals surface area contributed by atoms with E-state index in [4.69, 9.17) is 9.73 Å². The first kappa shape index (κ1) is 17.7. The van der Waals surface area contributed by atoms with Crippen LogP contribution in [0.4, 0.5) is 5.69 Å². The second-order valence-electron chi connectivity index (χ2n) is 7.47. The standard InChI is InChI=1S/C20H25N5O2/c1-27-16-6-4-15(5-7-16)24-10-12-25(13-11-24)19-22-18(26)17(14-21)20(23-19)8-2-3-9-20/h4-7,17H,2-3,8-13H2,1H3,(H,22,23,26). The Morgan fingerprint density at radius 1 is 1.15 bits per heavy atom. The summed E-state index contributed by atoms with van der Waals surface area (Å²) < 4.78 is 5.22. The molecular weight excluding hydrogens is 342 g/mol. The van der Waals surface area contributed by atoms with Crippen LogP contribution in [-0.4, -0.2) is 55.6 Å². The van der Waals surface area contributed by atoms with Crippen LogP contribution < -0.4 is 15.0 Å². The molecule has 2 heterocycles. The number of aliphatic imine (C=N–C) groups is 1. The van der Waals surface area contributed by atoms with Gasteiger partial charge in [0.1, 0.15) is 5.75 Å². The summed E-state index contributed by atoms with van der Waals surface area (Å²) >= 11 is 0. The number of benzene rings is 1. The fraction of sp³-hybridized carbons (Fsp3) is 0.550. The van der Waals surface area contributed by atoms with E-state index in [0.29, 0.717) is 5.96 Å². The first-order valence-corrected chi connectivity index (χ1v) is 9.59. The number of ether oxygens (including phenoxy) is 1. The quantitative estimate of drug-likeness (QED) is 0.861. The van der Waals surface area contributed by atoms with E-state index >= 15 is 0 Å². The smallest absolute Gasteiger partial charge is 0.246 e.